The second-order valence-electron chi connectivity index (χ2n) is 4.25. The van der Waals surface area contributed by atoms with Gasteiger partial charge in [-0.1, -0.05) is 0 Å². The molecule has 0 spiro atoms. The maximum absolute atomic E-state index is 10.7. The summed E-state index contributed by atoms with van der Waals surface area (Å²) in [5.74, 6) is 0.477. The number of ether oxygens (including phenoxy) is 1. The minimum atomic E-state index is -0.430. The second-order valence-corrected chi connectivity index (χ2v) is 4.25. The Morgan fingerprint density at radius 3 is 2.71 bits per heavy atom. The molecule has 0 unspecified atom stereocenters. The predicted octanol–water partition coefficient (Wildman–Crippen LogP) is 1.50. The van der Waals surface area contributed by atoms with Crippen molar-refractivity contribution >= 4 is 11.4 Å². The van der Waals surface area contributed by atoms with Gasteiger partial charge < -0.3 is 15.8 Å². The number of anilines is 1. The Bertz CT molecular complexity index is 430. The molecule has 0 aromatic heterocycles. The van der Waals surface area contributed by atoms with Crippen LogP contribution in [0.4, 0.5) is 11.4 Å². The fourth-order valence-corrected chi connectivity index (χ4v) is 1.91. The third-order valence-electron chi connectivity index (χ3n) is 2.88. The summed E-state index contributed by atoms with van der Waals surface area (Å²) in [5, 5.41) is 14.0. The number of nitro groups is 1. The van der Waals surface area contributed by atoms with Crippen LogP contribution in [0.25, 0.3) is 0 Å². The lowest BCUT2D eigenvalue weighted by atomic mass is 9.87. The first kappa shape index (κ1) is 11.7. The molecule has 0 atom stereocenters. The Morgan fingerprint density at radius 1 is 1.47 bits per heavy atom. The van der Waals surface area contributed by atoms with Crippen LogP contribution in [0.5, 0.6) is 5.75 Å². The molecule has 0 aliphatic heterocycles. The van der Waals surface area contributed by atoms with Gasteiger partial charge >= 0.3 is 0 Å². The second kappa shape index (κ2) is 4.58. The van der Waals surface area contributed by atoms with E-state index in [9.17, 15) is 10.1 Å². The number of rotatable bonds is 4. The van der Waals surface area contributed by atoms with E-state index in [1.54, 1.807) is 6.07 Å². The minimum absolute atomic E-state index is 0.0236. The first-order valence-corrected chi connectivity index (χ1v) is 5.44. The van der Waals surface area contributed by atoms with Crippen molar-refractivity contribution in [2.75, 3.05) is 12.4 Å². The molecule has 6 heteroatoms. The first-order chi connectivity index (χ1) is 8.08. The topological polar surface area (TPSA) is 90.4 Å². The summed E-state index contributed by atoms with van der Waals surface area (Å²) >= 11 is 0. The molecule has 1 saturated carbocycles. The number of hydrogen-bond donors (Lipinski definition) is 2. The van der Waals surface area contributed by atoms with E-state index >= 15 is 0 Å². The molecule has 92 valence electrons. The summed E-state index contributed by atoms with van der Waals surface area (Å²) in [4.78, 5) is 10.3. The Balaban J connectivity index is 2.15. The number of nitro benzene ring substituents is 1. The van der Waals surface area contributed by atoms with Gasteiger partial charge in [0.1, 0.15) is 5.75 Å². The van der Waals surface area contributed by atoms with Crippen LogP contribution in [-0.2, 0) is 0 Å². The highest BCUT2D eigenvalue weighted by Crippen LogP contribution is 2.29. The third kappa shape index (κ3) is 2.65. The number of nitrogens with two attached hydrogens (primary N) is 1. The molecule has 0 bridgehead atoms. The fourth-order valence-electron chi connectivity index (χ4n) is 1.91. The highest BCUT2D eigenvalue weighted by molar-refractivity contribution is 5.57. The zero-order valence-electron chi connectivity index (χ0n) is 9.55. The summed E-state index contributed by atoms with van der Waals surface area (Å²) in [6.45, 7) is 0. The van der Waals surface area contributed by atoms with Crippen molar-refractivity contribution in [1.82, 2.24) is 0 Å². The molecule has 1 fully saturated rings. The van der Waals surface area contributed by atoms with Gasteiger partial charge in [0.15, 0.2) is 0 Å². The van der Waals surface area contributed by atoms with Crippen molar-refractivity contribution in [3.63, 3.8) is 0 Å². The Hall–Kier alpha value is -1.82. The normalized spacial score (nSPS) is 22.7. The zero-order valence-corrected chi connectivity index (χ0v) is 9.55. The molecule has 6 nitrogen and oxygen atoms in total. The molecule has 2 rings (SSSR count). The van der Waals surface area contributed by atoms with Gasteiger partial charge in [-0.2, -0.15) is 0 Å². The van der Waals surface area contributed by atoms with Gasteiger partial charge in [-0.25, -0.2) is 0 Å². The summed E-state index contributed by atoms with van der Waals surface area (Å²) in [6, 6.07) is 5.20. The number of hydrogen-bond acceptors (Lipinski definition) is 5. The summed E-state index contributed by atoms with van der Waals surface area (Å²) in [7, 11) is 1.49. The van der Waals surface area contributed by atoms with Crippen LogP contribution >= 0.6 is 0 Å². The molecule has 17 heavy (non-hydrogen) atoms. The van der Waals surface area contributed by atoms with Gasteiger partial charge in [0, 0.05) is 29.9 Å². The van der Waals surface area contributed by atoms with Gasteiger partial charge in [-0.15, -0.1) is 0 Å². The van der Waals surface area contributed by atoms with Crippen molar-refractivity contribution in [3.05, 3.63) is 28.3 Å². The van der Waals surface area contributed by atoms with Crippen molar-refractivity contribution in [3.8, 4) is 5.75 Å². The lowest BCUT2D eigenvalue weighted by Crippen LogP contribution is -2.44. The predicted molar refractivity (Wildman–Crippen MR) is 64.3 cm³/mol. The van der Waals surface area contributed by atoms with Gasteiger partial charge in [-0.05, 0) is 12.8 Å². The largest absolute Gasteiger partial charge is 0.496 e. The van der Waals surface area contributed by atoms with Crippen LogP contribution in [0, 0.1) is 10.1 Å². The van der Waals surface area contributed by atoms with Gasteiger partial charge in [0.2, 0.25) is 0 Å². The standard InChI is InChI=1S/C11H15N3O3/c1-17-11-5-9(4-10(6-11)14(15)16)13-8-2-7(12)3-8/h4-8,13H,2-3,12H2,1H3. The van der Waals surface area contributed by atoms with Crippen molar-refractivity contribution < 1.29 is 9.66 Å². The van der Waals surface area contributed by atoms with Gasteiger partial charge in [0.25, 0.3) is 5.69 Å². The molecule has 1 aliphatic rings. The summed E-state index contributed by atoms with van der Waals surface area (Å²) in [6.07, 6.45) is 1.79. The molecule has 1 aliphatic carbocycles. The maximum Gasteiger partial charge on any atom is 0.275 e. The molecule has 0 heterocycles. The van der Waals surface area contributed by atoms with E-state index in [-0.39, 0.29) is 11.7 Å². The summed E-state index contributed by atoms with van der Waals surface area (Å²) < 4.78 is 5.03. The number of nitrogens with one attached hydrogen (secondary N) is 1. The van der Waals surface area contributed by atoms with Crippen LogP contribution in [0.1, 0.15) is 12.8 Å². The first-order valence-electron chi connectivity index (χ1n) is 5.44. The van der Waals surface area contributed by atoms with E-state index in [0.717, 1.165) is 12.8 Å². The maximum atomic E-state index is 10.7. The van der Waals surface area contributed by atoms with Crippen LogP contribution < -0.4 is 15.8 Å². The van der Waals surface area contributed by atoms with E-state index in [0.29, 0.717) is 17.5 Å². The highest BCUT2D eigenvalue weighted by Gasteiger charge is 2.26. The van der Waals surface area contributed by atoms with E-state index in [2.05, 4.69) is 5.32 Å². The molecule has 0 amide bonds. The fraction of sp³-hybridized carbons (Fsp3) is 0.455. The van der Waals surface area contributed by atoms with Crippen molar-refractivity contribution in [2.24, 2.45) is 5.73 Å². The average molecular weight is 237 g/mol. The van der Waals surface area contributed by atoms with Gasteiger partial charge in [-0.3, -0.25) is 10.1 Å². The van der Waals surface area contributed by atoms with E-state index < -0.39 is 4.92 Å². The third-order valence-corrected chi connectivity index (χ3v) is 2.88. The van der Waals surface area contributed by atoms with Gasteiger partial charge in [0.05, 0.1) is 18.1 Å². The Morgan fingerprint density at radius 2 is 2.18 bits per heavy atom. The lowest BCUT2D eigenvalue weighted by molar-refractivity contribution is -0.384. The molecule has 0 radical (unpaired) electrons. The summed E-state index contributed by atoms with van der Waals surface area (Å²) in [5.41, 5.74) is 6.41. The average Bonchev–Trinajstić information content (AvgIpc) is 2.26. The Kier molecular flexibility index (Phi) is 3.14. The number of nitrogens with zero attached hydrogens (tertiary/aromatic N) is 1. The monoisotopic (exact) mass is 237 g/mol. The molecule has 0 saturated heterocycles. The van der Waals surface area contributed by atoms with E-state index in [4.69, 9.17) is 10.5 Å². The molecular weight excluding hydrogens is 222 g/mol. The van der Waals surface area contributed by atoms with E-state index in [1.165, 1.54) is 19.2 Å². The molecule has 3 N–H and O–H groups in total. The van der Waals surface area contributed by atoms with Crippen molar-refractivity contribution in [1.29, 1.82) is 0 Å². The molecule has 1 aromatic rings. The molecular formula is C11H15N3O3. The van der Waals surface area contributed by atoms with E-state index in [1.807, 2.05) is 0 Å². The smallest absolute Gasteiger partial charge is 0.275 e. The quantitative estimate of drug-likeness (QED) is 0.611. The van der Waals surface area contributed by atoms with Crippen molar-refractivity contribution in [2.45, 2.75) is 24.9 Å². The number of non-ortho nitro benzene ring substituents is 1. The number of benzene rings is 1. The zero-order chi connectivity index (χ0) is 12.4. The SMILES string of the molecule is COc1cc(NC2CC(N)C2)cc([N+](=O)[O-])c1. The van der Waals surface area contributed by atoms with Crippen LogP contribution in [0.2, 0.25) is 0 Å². The van der Waals surface area contributed by atoms with Crippen LogP contribution in [-0.4, -0.2) is 24.1 Å². The minimum Gasteiger partial charge on any atom is -0.496 e. The highest BCUT2D eigenvalue weighted by atomic mass is 16.6. The van der Waals surface area contributed by atoms with Crippen LogP contribution in [0.15, 0.2) is 18.2 Å². The molecule has 1 aromatic carbocycles. The Labute approximate surface area is 98.9 Å². The van der Waals surface area contributed by atoms with Crippen LogP contribution in [0.3, 0.4) is 0 Å². The number of methoxy groups -OCH3 is 1. The lowest BCUT2D eigenvalue weighted by Gasteiger charge is -2.33.